The highest BCUT2D eigenvalue weighted by molar-refractivity contribution is 4.76. The van der Waals surface area contributed by atoms with Crippen molar-refractivity contribution in [2.45, 2.75) is 58.8 Å². The van der Waals surface area contributed by atoms with Crippen LogP contribution in [0.1, 0.15) is 58.8 Å². The standard InChI is InChI=1S/C13H26O/c1-3-5-6-7-8-9-10-11-13-14-12-4-2/h3,5H,4,6-13H2,1-2H3/b5-3+. The Balaban J connectivity index is 2.85. The van der Waals surface area contributed by atoms with Crippen molar-refractivity contribution in [1.29, 1.82) is 0 Å². The fourth-order valence-electron chi connectivity index (χ4n) is 1.41. The van der Waals surface area contributed by atoms with Gasteiger partial charge >= 0.3 is 0 Å². The molecule has 0 N–H and O–H groups in total. The Morgan fingerprint density at radius 3 is 2.36 bits per heavy atom. The maximum Gasteiger partial charge on any atom is 0.0466 e. The Bertz CT molecular complexity index is 118. The van der Waals surface area contributed by atoms with Crippen molar-refractivity contribution in [3.8, 4) is 0 Å². The maximum absolute atomic E-state index is 5.42. The van der Waals surface area contributed by atoms with E-state index in [1.165, 1.54) is 38.5 Å². The molecule has 0 saturated heterocycles. The summed E-state index contributed by atoms with van der Waals surface area (Å²) >= 11 is 0. The molecule has 0 spiro atoms. The van der Waals surface area contributed by atoms with Crippen LogP contribution in [0.4, 0.5) is 0 Å². The van der Waals surface area contributed by atoms with E-state index in [2.05, 4.69) is 26.0 Å². The second-order valence-electron chi connectivity index (χ2n) is 3.74. The van der Waals surface area contributed by atoms with Gasteiger partial charge in [0.05, 0.1) is 0 Å². The summed E-state index contributed by atoms with van der Waals surface area (Å²) in [6.45, 7) is 6.14. The number of rotatable bonds is 10. The van der Waals surface area contributed by atoms with Crippen LogP contribution in [0, 0.1) is 0 Å². The molecular weight excluding hydrogens is 172 g/mol. The van der Waals surface area contributed by atoms with Crippen LogP contribution in [0.25, 0.3) is 0 Å². The van der Waals surface area contributed by atoms with Crippen LogP contribution in [0.5, 0.6) is 0 Å². The summed E-state index contributed by atoms with van der Waals surface area (Å²) in [5.41, 5.74) is 0. The molecular formula is C13H26O. The van der Waals surface area contributed by atoms with Crippen LogP contribution >= 0.6 is 0 Å². The van der Waals surface area contributed by atoms with E-state index in [-0.39, 0.29) is 0 Å². The highest BCUT2D eigenvalue weighted by Gasteiger charge is 1.90. The molecule has 0 aromatic carbocycles. The molecule has 0 aromatic rings. The Morgan fingerprint density at radius 1 is 0.929 bits per heavy atom. The molecule has 0 radical (unpaired) electrons. The summed E-state index contributed by atoms with van der Waals surface area (Å²) in [5, 5.41) is 0. The molecule has 0 unspecified atom stereocenters. The molecule has 0 heterocycles. The third-order valence-electron chi connectivity index (χ3n) is 2.24. The summed E-state index contributed by atoms with van der Waals surface area (Å²) < 4.78 is 5.42. The lowest BCUT2D eigenvalue weighted by molar-refractivity contribution is 0.130. The molecule has 1 heteroatoms. The normalized spacial score (nSPS) is 11.3. The van der Waals surface area contributed by atoms with E-state index in [9.17, 15) is 0 Å². The molecule has 14 heavy (non-hydrogen) atoms. The first-order valence-electron chi connectivity index (χ1n) is 6.10. The Morgan fingerprint density at radius 2 is 1.64 bits per heavy atom. The molecule has 0 atom stereocenters. The summed E-state index contributed by atoms with van der Waals surface area (Å²) in [7, 11) is 0. The van der Waals surface area contributed by atoms with E-state index in [4.69, 9.17) is 4.74 Å². The smallest absolute Gasteiger partial charge is 0.0466 e. The Kier molecular flexibility index (Phi) is 12.4. The SMILES string of the molecule is C/C=C/CCCCCCCOCCC. The zero-order chi connectivity index (χ0) is 10.5. The molecule has 0 aromatic heterocycles. The van der Waals surface area contributed by atoms with Gasteiger partial charge in [-0.05, 0) is 32.6 Å². The van der Waals surface area contributed by atoms with Gasteiger partial charge in [-0.3, -0.25) is 0 Å². The largest absolute Gasteiger partial charge is 0.381 e. The van der Waals surface area contributed by atoms with E-state index in [0.717, 1.165) is 19.6 Å². The van der Waals surface area contributed by atoms with Crippen molar-refractivity contribution in [3.63, 3.8) is 0 Å². The second-order valence-corrected chi connectivity index (χ2v) is 3.74. The van der Waals surface area contributed by atoms with E-state index in [1.54, 1.807) is 0 Å². The topological polar surface area (TPSA) is 9.23 Å². The van der Waals surface area contributed by atoms with Crippen LogP contribution in [0.2, 0.25) is 0 Å². The molecule has 0 aliphatic carbocycles. The van der Waals surface area contributed by atoms with Crippen molar-refractivity contribution in [2.75, 3.05) is 13.2 Å². The minimum absolute atomic E-state index is 0.932. The average molecular weight is 198 g/mol. The predicted octanol–water partition coefficient (Wildman–Crippen LogP) is 4.33. The number of allylic oxidation sites excluding steroid dienone is 2. The van der Waals surface area contributed by atoms with Crippen LogP contribution in [0.3, 0.4) is 0 Å². The Labute approximate surface area is 89.5 Å². The van der Waals surface area contributed by atoms with Gasteiger partial charge in [-0.2, -0.15) is 0 Å². The molecule has 0 bridgehead atoms. The number of hydrogen-bond donors (Lipinski definition) is 0. The van der Waals surface area contributed by atoms with Gasteiger partial charge in [-0.25, -0.2) is 0 Å². The number of ether oxygens (including phenoxy) is 1. The lowest BCUT2D eigenvalue weighted by Crippen LogP contribution is -1.95. The van der Waals surface area contributed by atoms with E-state index >= 15 is 0 Å². The minimum Gasteiger partial charge on any atom is -0.381 e. The summed E-state index contributed by atoms with van der Waals surface area (Å²) in [6.07, 6.45) is 13.4. The first kappa shape index (κ1) is 13.7. The fraction of sp³-hybridized carbons (Fsp3) is 0.846. The summed E-state index contributed by atoms with van der Waals surface area (Å²) in [5.74, 6) is 0. The molecule has 0 aliphatic heterocycles. The highest BCUT2D eigenvalue weighted by atomic mass is 16.5. The zero-order valence-corrected chi connectivity index (χ0v) is 9.93. The van der Waals surface area contributed by atoms with Gasteiger partial charge < -0.3 is 4.74 Å². The molecule has 0 fully saturated rings. The minimum atomic E-state index is 0.932. The van der Waals surface area contributed by atoms with Gasteiger partial charge in [0.1, 0.15) is 0 Å². The number of unbranched alkanes of at least 4 members (excludes halogenated alkanes) is 5. The van der Waals surface area contributed by atoms with E-state index < -0.39 is 0 Å². The average Bonchev–Trinajstić information content (AvgIpc) is 2.21. The molecule has 84 valence electrons. The van der Waals surface area contributed by atoms with Crippen molar-refractivity contribution in [3.05, 3.63) is 12.2 Å². The van der Waals surface area contributed by atoms with Crippen molar-refractivity contribution < 1.29 is 4.74 Å². The first-order valence-corrected chi connectivity index (χ1v) is 6.10. The van der Waals surface area contributed by atoms with Crippen molar-refractivity contribution in [2.24, 2.45) is 0 Å². The molecule has 0 saturated carbocycles. The van der Waals surface area contributed by atoms with Gasteiger partial charge in [-0.1, -0.05) is 38.3 Å². The van der Waals surface area contributed by atoms with E-state index in [1.807, 2.05) is 0 Å². The van der Waals surface area contributed by atoms with Crippen molar-refractivity contribution in [1.82, 2.24) is 0 Å². The molecule has 0 rings (SSSR count). The van der Waals surface area contributed by atoms with E-state index in [0.29, 0.717) is 0 Å². The quantitative estimate of drug-likeness (QED) is 0.375. The van der Waals surface area contributed by atoms with Crippen LogP contribution in [-0.2, 0) is 4.74 Å². The lowest BCUT2D eigenvalue weighted by atomic mass is 10.1. The fourth-order valence-corrected chi connectivity index (χ4v) is 1.41. The molecule has 0 amide bonds. The maximum atomic E-state index is 5.42. The van der Waals surface area contributed by atoms with Crippen LogP contribution in [0.15, 0.2) is 12.2 Å². The third kappa shape index (κ3) is 11.7. The third-order valence-corrected chi connectivity index (χ3v) is 2.24. The monoisotopic (exact) mass is 198 g/mol. The lowest BCUT2D eigenvalue weighted by Gasteiger charge is -2.02. The van der Waals surface area contributed by atoms with Gasteiger partial charge in [0.25, 0.3) is 0 Å². The molecule has 0 aliphatic rings. The first-order chi connectivity index (χ1) is 6.91. The highest BCUT2D eigenvalue weighted by Crippen LogP contribution is 2.05. The second kappa shape index (κ2) is 12.7. The molecule has 1 nitrogen and oxygen atoms in total. The summed E-state index contributed by atoms with van der Waals surface area (Å²) in [4.78, 5) is 0. The van der Waals surface area contributed by atoms with Crippen LogP contribution < -0.4 is 0 Å². The zero-order valence-electron chi connectivity index (χ0n) is 9.93. The van der Waals surface area contributed by atoms with Gasteiger partial charge in [0, 0.05) is 13.2 Å². The number of hydrogen-bond acceptors (Lipinski definition) is 1. The summed E-state index contributed by atoms with van der Waals surface area (Å²) in [6, 6.07) is 0. The van der Waals surface area contributed by atoms with Crippen molar-refractivity contribution >= 4 is 0 Å². The predicted molar refractivity (Wildman–Crippen MR) is 63.6 cm³/mol. The Hall–Kier alpha value is -0.300. The van der Waals surface area contributed by atoms with Gasteiger partial charge in [-0.15, -0.1) is 0 Å². The van der Waals surface area contributed by atoms with Gasteiger partial charge in [0.2, 0.25) is 0 Å². The van der Waals surface area contributed by atoms with Crippen LogP contribution in [-0.4, -0.2) is 13.2 Å². The van der Waals surface area contributed by atoms with Gasteiger partial charge in [0.15, 0.2) is 0 Å².